The zero-order valence-corrected chi connectivity index (χ0v) is 20.7. The Kier molecular flexibility index (Phi) is 8.42. The summed E-state index contributed by atoms with van der Waals surface area (Å²) < 4.78 is 10.1. The molecule has 0 aromatic heterocycles. The molecule has 0 spiro atoms. The molecule has 1 unspecified atom stereocenters. The average Bonchev–Trinajstić information content (AvgIpc) is 2.85. The van der Waals surface area contributed by atoms with Crippen molar-refractivity contribution in [2.75, 3.05) is 7.11 Å². The van der Waals surface area contributed by atoms with Gasteiger partial charge in [0, 0.05) is 12.0 Å². The number of hydrogen-bond acceptors (Lipinski definition) is 6. The van der Waals surface area contributed by atoms with E-state index >= 15 is 0 Å². The summed E-state index contributed by atoms with van der Waals surface area (Å²) in [4.78, 5) is 51.3. The Labute approximate surface area is 210 Å². The molecule has 0 saturated carbocycles. The van der Waals surface area contributed by atoms with Gasteiger partial charge in [0.25, 0.3) is 0 Å². The van der Waals surface area contributed by atoms with E-state index in [1.807, 2.05) is 42.5 Å². The van der Waals surface area contributed by atoms with Crippen LogP contribution >= 0.6 is 0 Å². The quantitative estimate of drug-likeness (QED) is 0.282. The molecule has 8 heteroatoms. The molecule has 0 saturated heterocycles. The minimum atomic E-state index is -1.58. The van der Waals surface area contributed by atoms with Crippen LogP contribution in [0, 0.1) is 0 Å². The van der Waals surface area contributed by atoms with Crippen molar-refractivity contribution in [3.05, 3.63) is 83.9 Å². The minimum Gasteiger partial charge on any atom is -0.467 e. The summed E-state index contributed by atoms with van der Waals surface area (Å²) in [7, 11) is 1.13. The molecule has 8 nitrogen and oxygen atoms in total. The summed E-state index contributed by atoms with van der Waals surface area (Å²) in [6, 6.07) is 18.8. The lowest BCUT2D eigenvalue weighted by molar-refractivity contribution is -0.143. The number of amides is 2. The SMILES string of the molecule is COC(=O)C(NC(=O)[C@@H](Cc1ccc2ccccc2c1)NC(=O)OC(C)(C)C)C(=O)c1ccccc1. The zero-order chi connectivity index (χ0) is 26.3. The van der Waals surface area contributed by atoms with Crippen LogP contribution in [0.3, 0.4) is 0 Å². The number of fused-ring (bicyclic) bond motifs is 1. The monoisotopic (exact) mass is 490 g/mol. The van der Waals surface area contributed by atoms with Gasteiger partial charge in [-0.2, -0.15) is 0 Å². The molecule has 2 amide bonds. The summed E-state index contributed by atoms with van der Waals surface area (Å²) in [6.07, 6.45) is -0.698. The average molecular weight is 491 g/mol. The molecular weight excluding hydrogens is 460 g/mol. The number of esters is 1. The molecule has 0 bridgehead atoms. The Hall–Kier alpha value is -4.20. The molecule has 0 fully saturated rings. The highest BCUT2D eigenvalue weighted by Gasteiger charge is 2.33. The molecule has 3 aromatic rings. The van der Waals surface area contributed by atoms with Crippen LogP contribution < -0.4 is 10.6 Å². The van der Waals surface area contributed by atoms with Gasteiger partial charge in [-0.3, -0.25) is 9.59 Å². The lowest BCUT2D eigenvalue weighted by atomic mass is 10.00. The maximum absolute atomic E-state index is 13.3. The van der Waals surface area contributed by atoms with Crippen molar-refractivity contribution >= 4 is 34.5 Å². The van der Waals surface area contributed by atoms with Gasteiger partial charge in [-0.25, -0.2) is 9.59 Å². The summed E-state index contributed by atoms with van der Waals surface area (Å²) >= 11 is 0. The van der Waals surface area contributed by atoms with Crippen molar-refractivity contribution in [1.29, 1.82) is 0 Å². The van der Waals surface area contributed by atoms with E-state index in [2.05, 4.69) is 10.6 Å². The second-order valence-corrected chi connectivity index (χ2v) is 9.28. The second-order valence-electron chi connectivity index (χ2n) is 9.28. The molecular formula is C28H30N2O6. The number of hydrogen-bond donors (Lipinski definition) is 2. The van der Waals surface area contributed by atoms with E-state index in [1.165, 1.54) is 12.1 Å². The lowest BCUT2D eigenvalue weighted by Crippen LogP contribution is -2.55. The fraction of sp³-hybridized carbons (Fsp3) is 0.286. The topological polar surface area (TPSA) is 111 Å². The molecule has 3 aromatic carbocycles. The highest BCUT2D eigenvalue weighted by Crippen LogP contribution is 2.17. The van der Waals surface area contributed by atoms with Crippen molar-refractivity contribution in [1.82, 2.24) is 10.6 Å². The molecule has 0 heterocycles. The van der Waals surface area contributed by atoms with Gasteiger partial charge in [0.05, 0.1) is 7.11 Å². The number of nitrogens with one attached hydrogen (secondary N) is 2. The summed E-state index contributed by atoms with van der Waals surface area (Å²) in [5.41, 5.74) is 0.222. The first-order valence-electron chi connectivity index (χ1n) is 11.5. The molecule has 36 heavy (non-hydrogen) atoms. The summed E-state index contributed by atoms with van der Waals surface area (Å²) in [6.45, 7) is 5.12. The molecule has 0 radical (unpaired) electrons. The van der Waals surface area contributed by atoms with Gasteiger partial charge >= 0.3 is 12.1 Å². The zero-order valence-electron chi connectivity index (χ0n) is 20.7. The first-order valence-corrected chi connectivity index (χ1v) is 11.5. The number of carbonyl (C=O) groups excluding carboxylic acids is 4. The van der Waals surface area contributed by atoms with Crippen molar-refractivity contribution in [3.63, 3.8) is 0 Å². The van der Waals surface area contributed by atoms with Crippen LogP contribution in [0.25, 0.3) is 10.8 Å². The van der Waals surface area contributed by atoms with Crippen molar-refractivity contribution < 1.29 is 28.7 Å². The molecule has 0 aliphatic rings. The summed E-state index contributed by atoms with van der Waals surface area (Å²) in [5, 5.41) is 7.03. The van der Waals surface area contributed by atoms with E-state index in [-0.39, 0.29) is 12.0 Å². The fourth-order valence-electron chi connectivity index (χ4n) is 3.62. The standard InChI is InChI=1S/C28H30N2O6/c1-28(2,3)36-27(34)29-22(17-18-14-15-19-10-8-9-13-21(19)16-18)25(32)30-23(26(33)35-4)24(31)20-11-6-5-7-12-20/h5-16,22-23H,17H2,1-4H3,(H,29,34)(H,30,32)/t22-,23?/m1/s1. The van der Waals surface area contributed by atoms with Crippen LogP contribution in [0.1, 0.15) is 36.7 Å². The van der Waals surface area contributed by atoms with Gasteiger partial charge in [-0.15, -0.1) is 0 Å². The fourth-order valence-corrected chi connectivity index (χ4v) is 3.62. The van der Waals surface area contributed by atoms with E-state index in [9.17, 15) is 19.2 Å². The van der Waals surface area contributed by atoms with Crippen LogP contribution in [-0.2, 0) is 25.5 Å². The third-order valence-corrected chi connectivity index (χ3v) is 5.31. The minimum absolute atomic E-state index is 0.101. The van der Waals surface area contributed by atoms with E-state index in [1.54, 1.807) is 39.0 Å². The molecule has 0 aliphatic carbocycles. The third-order valence-electron chi connectivity index (χ3n) is 5.31. The highest BCUT2D eigenvalue weighted by atomic mass is 16.6. The van der Waals surface area contributed by atoms with Crippen LogP contribution in [0.15, 0.2) is 72.8 Å². The number of rotatable bonds is 8. The van der Waals surface area contributed by atoms with Crippen LogP contribution in [-0.4, -0.2) is 48.5 Å². The van der Waals surface area contributed by atoms with Gasteiger partial charge in [0.2, 0.25) is 5.91 Å². The van der Waals surface area contributed by atoms with Gasteiger partial charge < -0.3 is 20.1 Å². The Bertz CT molecular complexity index is 1250. The maximum atomic E-state index is 13.3. The van der Waals surface area contributed by atoms with Crippen LogP contribution in [0.2, 0.25) is 0 Å². The Morgan fingerprint density at radius 3 is 2.11 bits per heavy atom. The second kappa shape index (κ2) is 11.5. The predicted octanol–water partition coefficient (Wildman–Crippen LogP) is 3.82. The van der Waals surface area contributed by atoms with Crippen LogP contribution in [0.5, 0.6) is 0 Å². The number of methoxy groups -OCH3 is 1. The van der Waals surface area contributed by atoms with Crippen molar-refractivity contribution in [3.8, 4) is 0 Å². The number of ether oxygens (including phenoxy) is 2. The normalized spacial score (nSPS) is 12.8. The highest BCUT2D eigenvalue weighted by molar-refractivity contribution is 6.14. The molecule has 2 N–H and O–H groups in total. The van der Waals surface area contributed by atoms with E-state index < -0.39 is 41.4 Å². The smallest absolute Gasteiger partial charge is 0.408 e. The molecule has 2 atom stereocenters. The largest absolute Gasteiger partial charge is 0.467 e. The molecule has 188 valence electrons. The van der Waals surface area contributed by atoms with Crippen LogP contribution in [0.4, 0.5) is 4.79 Å². The first-order chi connectivity index (χ1) is 17.1. The Morgan fingerprint density at radius 2 is 1.47 bits per heavy atom. The number of Topliss-reactive ketones (excluding diaryl/α,β-unsaturated/α-hetero) is 1. The number of carbonyl (C=O) groups is 4. The van der Waals surface area contributed by atoms with Gasteiger partial charge in [-0.05, 0) is 37.1 Å². The number of alkyl carbamates (subject to hydrolysis) is 1. The maximum Gasteiger partial charge on any atom is 0.408 e. The lowest BCUT2D eigenvalue weighted by Gasteiger charge is -2.24. The number of ketones is 1. The Balaban J connectivity index is 1.87. The third kappa shape index (κ3) is 7.15. The molecule has 3 rings (SSSR count). The van der Waals surface area contributed by atoms with Crippen molar-refractivity contribution in [2.24, 2.45) is 0 Å². The first kappa shape index (κ1) is 26.4. The molecule has 0 aliphatic heterocycles. The van der Waals surface area contributed by atoms with Gasteiger partial charge in [-0.1, -0.05) is 72.8 Å². The van der Waals surface area contributed by atoms with E-state index in [0.29, 0.717) is 0 Å². The van der Waals surface area contributed by atoms with Gasteiger partial charge in [0.1, 0.15) is 11.6 Å². The van der Waals surface area contributed by atoms with Crippen molar-refractivity contribution in [2.45, 2.75) is 44.9 Å². The van der Waals surface area contributed by atoms with E-state index in [4.69, 9.17) is 9.47 Å². The Morgan fingerprint density at radius 1 is 0.833 bits per heavy atom. The van der Waals surface area contributed by atoms with Gasteiger partial charge in [0.15, 0.2) is 11.8 Å². The van der Waals surface area contributed by atoms with E-state index in [0.717, 1.165) is 23.4 Å². The summed E-state index contributed by atoms with van der Waals surface area (Å²) in [5.74, 6) is -2.27. The predicted molar refractivity (Wildman–Crippen MR) is 136 cm³/mol. The number of benzene rings is 3.